The summed E-state index contributed by atoms with van der Waals surface area (Å²) in [4.78, 5) is 9.45. The first-order valence-corrected chi connectivity index (χ1v) is 12.3. The van der Waals surface area contributed by atoms with Gasteiger partial charge in [0.1, 0.15) is 5.82 Å². The van der Waals surface area contributed by atoms with E-state index >= 15 is 0 Å². The van der Waals surface area contributed by atoms with Gasteiger partial charge in [-0.3, -0.25) is 5.10 Å². The molecule has 0 amide bonds. The molecule has 5 nitrogen and oxygen atoms in total. The monoisotopic (exact) mass is 499 g/mol. The predicted molar refractivity (Wildman–Crippen MR) is 138 cm³/mol. The number of rotatable bonds is 5. The van der Waals surface area contributed by atoms with Crippen molar-refractivity contribution in [3.05, 3.63) is 101 Å². The Balaban J connectivity index is 1.51. The maximum absolute atomic E-state index is 13.9. The van der Waals surface area contributed by atoms with E-state index in [0.717, 1.165) is 47.5 Å². The van der Waals surface area contributed by atoms with E-state index in [2.05, 4.69) is 27.6 Å². The summed E-state index contributed by atoms with van der Waals surface area (Å²) in [6.07, 6.45) is -1.18. The first kappa shape index (κ1) is 23.2. The second-order valence-corrected chi connectivity index (χ2v) is 9.32. The average molecular weight is 500 g/mol. The predicted octanol–water partition coefficient (Wildman–Crippen LogP) is 7.44. The molecule has 1 atom stereocenters. The van der Waals surface area contributed by atoms with Gasteiger partial charge in [0.05, 0.1) is 16.8 Å². The number of nitrogens with one attached hydrogen (secondary N) is 2. The van der Waals surface area contributed by atoms with Gasteiger partial charge < -0.3 is 5.32 Å². The molecule has 2 heterocycles. The minimum atomic E-state index is -4.52. The van der Waals surface area contributed by atoms with Crippen LogP contribution in [0.2, 0.25) is 0 Å². The van der Waals surface area contributed by atoms with Gasteiger partial charge in [0.25, 0.3) is 0 Å². The highest BCUT2D eigenvalue weighted by Gasteiger charge is 2.35. The SMILES string of the molecule is FC(F)(F)c1ccccc1-c1nc2c(c(Nc3n[nH]c4ccccc34)n1)C(Cc1ccccc1)CCC2. The number of alkyl halides is 3. The van der Waals surface area contributed by atoms with Gasteiger partial charge >= 0.3 is 6.18 Å². The van der Waals surface area contributed by atoms with Crippen molar-refractivity contribution in [2.45, 2.75) is 37.8 Å². The number of fused-ring (bicyclic) bond motifs is 2. The number of aromatic amines is 1. The molecule has 186 valence electrons. The van der Waals surface area contributed by atoms with Crippen LogP contribution >= 0.6 is 0 Å². The van der Waals surface area contributed by atoms with Gasteiger partial charge in [-0.1, -0.05) is 60.7 Å². The van der Waals surface area contributed by atoms with Crippen molar-refractivity contribution >= 4 is 22.5 Å². The molecule has 1 aliphatic rings. The number of hydrogen-bond acceptors (Lipinski definition) is 4. The Morgan fingerprint density at radius 1 is 0.865 bits per heavy atom. The molecule has 37 heavy (non-hydrogen) atoms. The third-order valence-corrected chi connectivity index (χ3v) is 6.90. The molecule has 0 aliphatic heterocycles. The van der Waals surface area contributed by atoms with E-state index < -0.39 is 11.7 Å². The lowest BCUT2D eigenvalue weighted by Gasteiger charge is -2.28. The summed E-state index contributed by atoms with van der Waals surface area (Å²) >= 11 is 0. The van der Waals surface area contributed by atoms with Crippen LogP contribution in [0.15, 0.2) is 78.9 Å². The number of para-hydroxylation sites is 1. The molecule has 1 unspecified atom stereocenters. The average Bonchev–Trinajstić information content (AvgIpc) is 3.31. The summed E-state index contributed by atoms with van der Waals surface area (Å²) in [6, 6.07) is 23.4. The van der Waals surface area contributed by atoms with Crippen LogP contribution < -0.4 is 5.32 Å². The van der Waals surface area contributed by atoms with E-state index in [1.807, 2.05) is 42.5 Å². The molecule has 1 aliphatic carbocycles. The number of anilines is 2. The van der Waals surface area contributed by atoms with Crippen LogP contribution in [0.1, 0.15) is 41.1 Å². The summed E-state index contributed by atoms with van der Waals surface area (Å²) in [7, 11) is 0. The highest BCUT2D eigenvalue weighted by Crippen LogP contribution is 2.42. The third-order valence-electron chi connectivity index (χ3n) is 6.90. The number of halogens is 3. The summed E-state index contributed by atoms with van der Waals surface area (Å²) < 4.78 is 41.6. The molecule has 2 aromatic heterocycles. The second-order valence-electron chi connectivity index (χ2n) is 9.32. The van der Waals surface area contributed by atoms with E-state index in [1.54, 1.807) is 6.07 Å². The Hall–Kier alpha value is -4.20. The third kappa shape index (κ3) is 4.55. The van der Waals surface area contributed by atoms with Crippen molar-refractivity contribution in [1.29, 1.82) is 0 Å². The van der Waals surface area contributed by atoms with Crippen molar-refractivity contribution < 1.29 is 13.2 Å². The zero-order valence-corrected chi connectivity index (χ0v) is 19.9. The van der Waals surface area contributed by atoms with Gasteiger partial charge in [0.2, 0.25) is 0 Å². The lowest BCUT2D eigenvalue weighted by Crippen LogP contribution is -2.18. The fourth-order valence-electron chi connectivity index (χ4n) is 5.21. The van der Waals surface area contributed by atoms with Crippen LogP contribution in [-0.4, -0.2) is 20.2 Å². The van der Waals surface area contributed by atoms with Gasteiger partial charge in [0.15, 0.2) is 11.6 Å². The van der Waals surface area contributed by atoms with Crippen molar-refractivity contribution in [1.82, 2.24) is 20.2 Å². The Morgan fingerprint density at radius 3 is 2.46 bits per heavy atom. The molecule has 5 aromatic rings. The van der Waals surface area contributed by atoms with E-state index in [1.165, 1.54) is 17.7 Å². The van der Waals surface area contributed by atoms with Gasteiger partial charge in [-0.2, -0.15) is 18.3 Å². The number of H-pyrrole nitrogens is 1. The Bertz CT molecular complexity index is 1560. The molecule has 6 rings (SSSR count). The van der Waals surface area contributed by atoms with Crippen molar-refractivity contribution in [3.63, 3.8) is 0 Å². The maximum atomic E-state index is 13.9. The lowest BCUT2D eigenvalue weighted by atomic mass is 9.81. The summed E-state index contributed by atoms with van der Waals surface area (Å²) in [5, 5.41) is 11.7. The summed E-state index contributed by atoms with van der Waals surface area (Å²) in [5.74, 6) is 1.28. The molecule has 0 saturated carbocycles. The topological polar surface area (TPSA) is 66.5 Å². The van der Waals surface area contributed by atoms with Gasteiger partial charge in [0, 0.05) is 16.5 Å². The normalized spacial score (nSPS) is 15.5. The second kappa shape index (κ2) is 9.35. The van der Waals surface area contributed by atoms with Crippen molar-refractivity contribution in [3.8, 4) is 11.4 Å². The van der Waals surface area contributed by atoms with Crippen LogP contribution in [0.25, 0.3) is 22.3 Å². The van der Waals surface area contributed by atoms with E-state index in [-0.39, 0.29) is 17.3 Å². The Morgan fingerprint density at radius 2 is 1.62 bits per heavy atom. The lowest BCUT2D eigenvalue weighted by molar-refractivity contribution is -0.137. The molecule has 8 heteroatoms. The molecule has 0 radical (unpaired) electrons. The molecular formula is C29H24F3N5. The van der Waals surface area contributed by atoms with Crippen LogP contribution in [0.3, 0.4) is 0 Å². The smallest absolute Gasteiger partial charge is 0.323 e. The van der Waals surface area contributed by atoms with Crippen molar-refractivity contribution in [2.24, 2.45) is 0 Å². The Kier molecular flexibility index (Phi) is 5.87. The molecule has 0 saturated heterocycles. The fourth-order valence-corrected chi connectivity index (χ4v) is 5.21. The van der Waals surface area contributed by atoms with Crippen LogP contribution in [0, 0.1) is 0 Å². The molecule has 0 fully saturated rings. The van der Waals surface area contributed by atoms with Crippen LogP contribution in [-0.2, 0) is 19.0 Å². The van der Waals surface area contributed by atoms with Crippen LogP contribution in [0.5, 0.6) is 0 Å². The number of aryl methyl sites for hydroxylation is 1. The molecule has 0 spiro atoms. The van der Waals surface area contributed by atoms with E-state index in [4.69, 9.17) is 9.97 Å². The van der Waals surface area contributed by atoms with E-state index in [9.17, 15) is 13.2 Å². The first-order chi connectivity index (χ1) is 18.0. The van der Waals surface area contributed by atoms with Gasteiger partial charge in [-0.25, -0.2) is 9.97 Å². The molecule has 2 N–H and O–H groups in total. The van der Waals surface area contributed by atoms with Crippen molar-refractivity contribution in [2.75, 3.05) is 5.32 Å². The minimum Gasteiger partial charge on any atom is -0.323 e. The highest BCUT2D eigenvalue weighted by molar-refractivity contribution is 5.91. The minimum absolute atomic E-state index is 0.0297. The first-order valence-electron chi connectivity index (χ1n) is 12.3. The zero-order valence-electron chi connectivity index (χ0n) is 19.9. The number of hydrogen-bond donors (Lipinski definition) is 2. The quantitative estimate of drug-likeness (QED) is 0.264. The van der Waals surface area contributed by atoms with E-state index in [0.29, 0.717) is 18.1 Å². The standard InChI is InChI=1S/C29H24F3N5/c30-29(31,32)22-14-6-4-12-20(22)26-33-24-16-8-11-19(17-18-9-2-1-3-10-18)25(24)28(34-26)35-27-21-13-5-7-15-23(21)36-37-27/h1-7,9-10,12-15,19H,8,11,16-17H2,(H2,33,34,35,36,37). The summed E-state index contributed by atoms with van der Waals surface area (Å²) in [6.45, 7) is 0. The zero-order chi connectivity index (χ0) is 25.4. The van der Waals surface area contributed by atoms with Gasteiger partial charge in [-0.15, -0.1) is 0 Å². The largest absolute Gasteiger partial charge is 0.417 e. The number of aromatic nitrogens is 4. The maximum Gasteiger partial charge on any atom is 0.417 e. The Labute approximate surface area is 211 Å². The molecule has 3 aromatic carbocycles. The molecule has 0 bridgehead atoms. The highest BCUT2D eigenvalue weighted by atomic mass is 19.4. The number of benzene rings is 3. The fraction of sp³-hybridized carbons (Fsp3) is 0.207. The van der Waals surface area contributed by atoms with Gasteiger partial charge in [-0.05, 0) is 55.4 Å². The summed E-state index contributed by atoms with van der Waals surface area (Å²) in [5.41, 5.74) is 3.02. The van der Waals surface area contributed by atoms with Crippen LogP contribution in [0.4, 0.5) is 24.8 Å². The number of nitrogens with zero attached hydrogens (tertiary/aromatic N) is 3. The molecular weight excluding hydrogens is 475 g/mol.